The van der Waals surface area contributed by atoms with Crippen LogP contribution in [0.25, 0.3) is 0 Å². The summed E-state index contributed by atoms with van der Waals surface area (Å²) in [4.78, 5) is 11.1. The lowest BCUT2D eigenvalue weighted by Crippen LogP contribution is -2.36. The molecule has 1 amide bonds. The minimum Gasteiger partial charge on any atom is -0.383 e. The fourth-order valence-corrected chi connectivity index (χ4v) is 0.861. The number of carbonyl (C=O) groups is 1. The first-order valence-corrected chi connectivity index (χ1v) is 4.82. The van der Waals surface area contributed by atoms with Gasteiger partial charge in [0.25, 0.3) is 0 Å². The summed E-state index contributed by atoms with van der Waals surface area (Å²) in [7, 11) is 3.33. The number of ether oxygens (including phenoxy) is 1. The van der Waals surface area contributed by atoms with E-state index in [1.54, 1.807) is 14.2 Å². The molecule has 6 heteroatoms. The second kappa shape index (κ2) is 8.71. The Morgan fingerprint density at radius 3 is 2.64 bits per heavy atom. The Bertz CT molecular complexity index is 187. The van der Waals surface area contributed by atoms with E-state index in [2.05, 4.69) is 16.0 Å². The molecular weight excluding hydrogens is 202 g/mol. The molecule has 0 fully saturated rings. The van der Waals surface area contributed by atoms with Crippen molar-refractivity contribution in [3.63, 3.8) is 0 Å². The van der Waals surface area contributed by atoms with E-state index in [0.29, 0.717) is 31.2 Å². The van der Waals surface area contributed by atoms with Gasteiger partial charge in [0, 0.05) is 33.7 Å². The Hall–Kier alpha value is -0.880. The molecule has 0 radical (unpaired) electrons. The molecule has 0 bridgehead atoms. The summed E-state index contributed by atoms with van der Waals surface area (Å²) in [6.07, 6.45) is 0.408. The Balaban J connectivity index is 3.31. The Labute approximate surface area is 89.6 Å². The molecule has 14 heavy (non-hydrogen) atoms. The zero-order valence-corrected chi connectivity index (χ0v) is 9.37. The Morgan fingerprint density at radius 1 is 1.36 bits per heavy atom. The molecule has 0 heterocycles. The molecule has 0 aromatic heterocycles. The van der Waals surface area contributed by atoms with Crippen LogP contribution in [0.1, 0.15) is 6.42 Å². The number of rotatable bonds is 6. The van der Waals surface area contributed by atoms with Crippen LogP contribution in [0.15, 0.2) is 0 Å². The minimum atomic E-state index is -0.00606. The lowest BCUT2D eigenvalue weighted by molar-refractivity contribution is -0.121. The van der Waals surface area contributed by atoms with E-state index >= 15 is 0 Å². The summed E-state index contributed by atoms with van der Waals surface area (Å²) >= 11 is 4.84. The first kappa shape index (κ1) is 13.1. The Morgan fingerprint density at radius 2 is 2.07 bits per heavy atom. The number of amides is 1. The molecule has 0 spiro atoms. The van der Waals surface area contributed by atoms with E-state index in [-0.39, 0.29) is 5.91 Å². The summed E-state index contributed by atoms with van der Waals surface area (Å²) in [6, 6.07) is 0. The van der Waals surface area contributed by atoms with Gasteiger partial charge in [0.15, 0.2) is 5.11 Å². The SMILES string of the molecule is CNC(=S)NCCC(=O)NCCOC. The van der Waals surface area contributed by atoms with Gasteiger partial charge in [0.05, 0.1) is 6.61 Å². The molecular formula is C8H17N3O2S. The molecule has 3 N–H and O–H groups in total. The summed E-state index contributed by atoms with van der Waals surface area (Å²) in [6.45, 7) is 1.62. The number of thiocarbonyl (C=S) groups is 1. The lowest BCUT2D eigenvalue weighted by atomic mass is 10.4. The van der Waals surface area contributed by atoms with Gasteiger partial charge in [-0.05, 0) is 12.2 Å². The molecule has 0 aromatic rings. The highest BCUT2D eigenvalue weighted by Crippen LogP contribution is 1.77. The van der Waals surface area contributed by atoms with E-state index in [1.165, 1.54) is 0 Å². The number of hydrogen-bond acceptors (Lipinski definition) is 3. The van der Waals surface area contributed by atoms with Crippen LogP contribution in [0.4, 0.5) is 0 Å². The van der Waals surface area contributed by atoms with E-state index in [4.69, 9.17) is 17.0 Å². The number of hydrogen-bond donors (Lipinski definition) is 3. The van der Waals surface area contributed by atoms with Gasteiger partial charge in [-0.2, -0.15) is 0 Å². The van der Waals surface area contributed by atoms with Crippen molar-refractivity contribution >= 4 is 23.2 Å². The summed E-state index contributed by atoms with van der Waals surface area (Å²) in [5.41, 5.74) is 0. The highest BCUT2D eigenvalue weighted by atomic mass is 32.1. The topological polar surface area (TPSA) is 62.4 Å². The largest absolute Gasteiger partial charge is 0.383 e. The standard InChI is InChI=1S/C8H17N3O2S/c1-9-8(14)11-4-3-7(12)10-5-6-13-2/h3-6H2,1-2H3,(H,10,12)(H2,9,11,14). The van der Waals surface area contributed by atoms with Gasteiger partial charge in [-0.1, -0.05) is 0 Å². The quantitative estimate of drug-likeness (QED) is 0.404. The zero-order chi connectivity index (χ0) is 10.8. The van der Waals surface area contributed by atoms with Crippen molar-refractivity contribution in [3.05, 3.63) is 0 Å². The third-order valence-electron chi connectivity index (χ3n) is 1.49. The van der Waals surface area contributed by atoms with Gasteiger partial charge in [-0.25, -0.2) is 0 Å². The first-order valence-electron chi connectivity index (χ1n) is 4.42. The molecule has 0 aliphatic heterocycles. The number of carbonyl (C=O) groups excluding carboxylic acids is 1. The van der Waals surface area contributed by atoms with E-state index in [0.717, 1.165) is 0 Å². The maximum Gasteiger partial charge on any atom is 0.221 e. The van der Waals surface area contributed by atoms with Crippen LogP contribution in [-0.4, -0.2) is 44.9 Å². The predicted molar refractivity (Wildman–Crippen MR) is 59.2 cm³/mol. The van der Waals surface area contributed by atoms with Gasteiger partial charge >= 0.3 is 0 Å². The second-order valence-corrected chi connectivity index (χ2v) is 3.01. The van der Waals surface area contributed by atoms with Gasteiger partial charge in [0.1, 0.15) is 0 Å². The molecule has 0 aromatic carbocycles. The van der Waals surface area contributed by atoms with E-state index < -0.39 is 0 Å². The van der Waals surface area contributed by atoms with Crippen LogP contribution in [0, 0.1) is 0 Å². The monoisotopic (exact) mass is 219 g/mol. The molecule has 0 atom stereocenters. The van der Waals surface area contributed by atoms with Gasteiger partial charge in [-0.3, -0.25) is 4.79 Å². The molecule has 0 aliphatic rings. The highest BCUT2D eigenvalue weighted by Gasteiger charge is 1.99. The average Bonchev–Trinajstić information content (AvgIpc) is 2.18. The summed E-state index contributed by atoms with van der Waals surface area (Å²) in [5.74, 6) is -0.00606. The second-order valence-electron chi connectivity index (χ2n) is 2.60. The van der Waals surface area contributed by atoms with Crippen LogP contribution in [0.5, 0.6) is 0 Å². The maximum atomic E-state index is 11.1. The molecule has 0 unspecified atom stereocenters. The minimum absolute atomic E-state index is 0.00606. The fraction of sp³-hybridized carbons (Fsp3) is 0.750. The van der Waals surface area contributed by atoms with Crippen molar-refractivity contribution in [1.29, 1.82) is 0 Å². The van der Waals surface area contributed by atoms with Crippen molar-refractivity contribution in [1.82, 2.24) is 16.0 Å². The average molecular weight is 219 g/mol. The molecule has 0 rings (SSSR count). The van der Waals surface area contributed by atoms with Crippen LogP contribution >= 0.6 is 12.2 Å². The van der Waals surface area contributed by atoms with Crippen LogP contribution in [0.2, 0.25) is 0 Å². The van der Waals surface area contributed by atoms with Crippen LogP contribution in [0.3, 0.4) is 0 Å². The number of nitrogens with one attached hydrogen (secondary N) is 3. The molecule has 5 nitrogen and oxygen atoms in total. The molecule has 82 valence electrons. The van der Waals surface area contributed by atoms with Gasteiger partial charge < -0.3 is 20.7 Å². The molecule has 0 saturated heterocycles. The fourth-order valence-electron chi connectivity index (χ4n) is 0.759. The van der Waals surface area contributed by atoms with Crippen LogP contribution in [-0.2, 0) is 9.53 Å². The molecule has 0 aliphatic carbocycles. The van der Waals surface area contributed by atoms with Crippen molar-refractivity contribution in [2.75, 3.05) is 33.9 Å². The van der Waals surface area contributed by atoms with Crippen molar-refractivity contribution in [2.24, 2.45) is 0 Å². The molecule has 0 saturated carbocycles. The smallest absolute Gasteiger partial charge is 0.221 e. The highest BCUT2D eigenvalue weighted by molar-refractivity contribution is 7.80. The third kappa shape index (κ3) is 7.75. The summed E-state index contributed by atoms with van der Waals surface area (Å²) in [5, 5.41) is 8.90. The van der Waals surface area contributed by atoms with Crippen LogP contribution < -0.4 is 16.0 Å². The third-order valence-corrected chi connectivity index (χ3v) is 1.84. The van der Waals surface area contributed by atoms with Crippen molar-refractivity contribution in [3.8, 4) is 0 Å². The number of methoxy groups -OCH3 is 1. The van der Waals surface area contributed by atoms with Gasteiger partial charge in [-0.15, -0.1) is 0 Å². The zero-order valence-electron chi connectivity index (χ0n) is 8.55. The maximum absolute atomic E-state index is 11.1. The van der Waals surface area contributed by atoms with Crippen molar-refractivity contribution in [2.45, 2.75) is 6.42 Å². The summed E-state index contributed by atoms with van der Waals surface area (Å²) < 4.78 is 4.79. The Kier molecular flexibility index (Phi) is 8.16. The van der Waals surface area contributed by atoms with Gasteiger partial charge in [0.2, 0.25) is 5.91 Å². The van der Waals surface area contributed by atoms with Crippen molar-refractivity contribution < 1.29 is 9.53 Å². The van der Waals surface area contributed by atoms with E-state index in [1.807, 2.05) is 0 Å². The lowest BCUT2D eigenvalue weighted by Gasteiger charge is -2.07. The first-order chi connectivity index (χ1) is 6.70. The normalized spacial score (nSPS) is 9.29. The van der Waals surface area contributed by atoms with E-state index in [9.17, 15) is 4.79 Å². The predicted octanol–water partition coefficient (Wildman–Crippen LogP) is -0.767.